The molecule has 1 heterocycles. The van der Waals surface area contributed by atoms with E-state index >= 15 is 0 Å². The molecule has 0 bridgehead atoms. The zero-order valence-electron chi connectivity index (χ0n) is 9.99. The second-order valence-corrected chi connectivity index (χ2v) is 5.47. The number of fused-ring (bicyclic) bond motifs is 1. The maximum absolute atomic E-state index is 6.15. The molecule has 0 saturated carbocycles. The monoisotopic (exact) mass is 335 g/mol. The average Bonchev–Trinajstić information content (AvgIpc) is 2.72. The minimum Gasteiger partial charge on any atom is -0.444 e. The molecule has 0 fully saturated rings. The van der Waals surface area contributed by atoms with Gasteiger partial charge in [0.15, 0.2) is 5.22 Å². The number of hydrogen-bond acceptors (Lipinski definition) is 2. The molecule has 0 amide bonds. The molecule has 0 unspecified atom stereocenters. The van der Waals surface area contributed by atoms with E-state index in [1.54, 1.807) is 0 Å². The number of rotatable bonds is 3. The summed E-state index contributed by atoms with van der Waals surface area (Å²) in [5, 5.41) is 4.85. The molecule has 0 aliphatic heterocycles. The summed E-state index contributed by atoms with van der Waals surface area (Å²) < 4.78 is 6.57. The Kier molecular flexibility index (Phi) is 3.49. The van der Waals surface area contributed by atoms with Crippen LogP contribution in [0, 0.1) is 0 Å². The van der Waals surface area contributed by atoms with E-state index in [0.717, 1.165) is 26.7 Å². The molecule has 3 rings (SSSR count). The smallest absolute Gasteiger partial charge is 0.199 e. The number of anilines is 1. The van der Waals surface area contributed by atoms with Crippen LogP contribution in [0.2, 0.25) is 5.22 Å². The van der Waals surface area contributed by atoms with E-state index in [9.17, 15) is 0 Å². The number of hydrogen-bond donors (Lipinski definition) is 1. The molecule has 4 heteroatoms. The summed E-state index contributed by atoms with van der Waals surface area (Å²) >= 11 is 9.60. The van der Waals surface area contributed by atoms with Crippen molar-refractivity contribution in [1.29, 1.82) is 0 Å². The van der Waals surface area contributed by atoms with Crippen LogP contribution in [0.4, 0.5) is 5.69 Å². The van der Waals surface area contributed by atoms with Gasteiger partial charge in [0, 0.05) is 27.7 Å². The van der Waals surface area contributed by atoms with Crippen LogP contribution < -0.4 is 5.32 Å². The second kappa shape index (κ2) is 5.27. The first kappa shape index (κ1) is 12.6. The Hall–Kier alpha value is -1.45. The summed E-state index contributed by atoms with van der Waals surface area (Å²) in [6.07, 6.45) is 0. The molecule has 2 aromatic carbocycles. The molecule has 0 saturated heterocycles. The number of nitrogens with one attached hydrogen (secondary N) is 1. The fourth-order valence-corrected chi connectivity index (χ4v) is 2.67. The molecular formula is C15H11BrClNO. The van der Waals surface area contributed by atoms with E-state index in [4.69, 9.17) is 16.0 Å². The number of para-hydroxylation sites is 1. The summed E-state index contributed by atoms with van der Waals surface area (Å²) in [6, 6.07) is 15.9. The molecule has 96 valence electrons. The van der Waals surface area contributed by atoms with Crippen LogP contribution in [0.25, 0.3) is 11.0 Å². The standard InChI is InChI=1S/C15H11BrClNO/c16-10-4-3-5-11(8-10)18-9-13-12-6-1-2-7-14(12)19-15(13)17/h1-8,18H,9H2. The van der Waals surface area contributed by atoms with Crippen molar-refractivity contribution in [2.45, 2.75) is 6.54 Å². The number of benzene rings is 2. The van der Waals surface area contributed by atoms with Crippen LogP contribution in [0.1, 0.15) is 5.56 Å². The van der Waals surface area contributed by atoms with Crippen LogP contribution in [0.3, 0.4) is 0 Å². The van der Waals surface area contributed by atoms with Crippen molar-refractivity contribution in [1.82, 2.24) is 0 Å². The summed E-state index contributed by atoms with van der Waals surface area (Å²) in [7, 11) is 0. The van der Waals surface area contributed by atoms with Gasteiger partial charge in [0.1, 0.15) is 5.58 Å². The Morgan fingerprint density at radius 2 is 1.95 bits per heavy atom. The van der Waals surface area contributed by atoms with Crippen LogP contribution in [0.5, 0.6) is 0 Å². The third-order valence-electron chi connectivity index (χ3n) is 2.94. The highest BCUT2D eigenvalue weighted by atomic mass is 79.9. The largest absolute Gasteiger partial charge is 0.444 e. The van der Waals surface area contributed by atoms with E-state index in [0.29, 0.717) is 11.8 Å². The van der Waals surface area contributed by atoms with Crippen LogP contribution in [-0.4, -0.2) is 0 Å². The molecule has 1 N–H and O–H groups in total. The van der Waals surface area contributed by atoms with Gasteiger partial charge >= 0.3 is 0 Å². The van der Waals surface area contributed by atoms with Gasteiger partial charge in [-0.1, -0.05) is 40.2 Å². The van der Waals surface area contributed by atoms with Crippen LogP contribution in [-0.2, 0) is 6.54 Å². The van der Waals surface area contributed by atoms with Crippen LogP contribution in [0.15, 0.2) is 57.4 Å². The van der Waals surface area contributed by atoms with E-state index < -0.39 is 0 Å². The van der Waals surface area contributed by atoms with Crippen molar-refractivity contribution in [2.24, 2.45) is 0 Å². The molecule has 19 heavy (non-hydrogen) atoms. The Balaban J connectivity index is 1.87. The Morgan fingerprint density at radius 3 is 2.79 bits per heavy atom. The third kappa shape index (κ3) is 2.62. The molecule has 0 atom stereocenters. The first-order chi connectivity index (χ1) is 9.24. The molecule has 2 nitrogen and oxygen atoms in total. The van der Waals surface area contributed by atoms with E-state index in [2.05, 4.69) is 21.2 Å². The van der Waals surface area contributed by atoms with Crippen molar-refractivity contribution in [3.8, 4) is 0 Å². The van der Waals surface area contributed by atoms with Crippen molar-refractivity contribution in [2.75, 3.05) is 5.32 Å². The zero-order valence-corrected chi connectivity index (χ0v) is 12.3. The van der Waals surface area contributed by atoms with E-state index in [1.165, 1.54) is 0 Å². The molecule has 0 aliphatic rings. The lowest BCUT2D eigenvalue weighted by Gasteiger charge is -2.06. The molecule has 0 spiro atoms. The fourth-order valence-electron chi connectivity index (χ4n) is 2.02. The van der Waals surface area contributed by atoms with Gasteiger partial charge < -0.3 is 9.73 Å². The lowest BCUT2D eigenvalue weighted by Crippen LogP contribution is -1.98. The highest BCUT2D eigenvalue weighted by Crippen LogP contribution is 2.30. The van der Waals surface area contributed by atoms with Crippen molar-refractivity contribution < 1.29 is 4.42 Å². The lowest BCUT2D eigenvalue weighted by atomic mass is 10.2. The highest BCUT2D eigenvalue weighted by Gasteiger charge is 2.11. The second-order valence-electron chi connectivity index (χ2n) is 4.21. The van der Waals surface area contributed by atoms with Crippen LogP contribution >= 0.6 is 27.5 Å². The van der Waals surface area contributed by atoms with Gasteiger partial charge in [-0.3, -0.25) is 0 Å². The van der Waals surface area contributed by atoms with Gasteiger partial charge in [-0.25, -0.2) is 0 Å². The van der Waals surface area contributed by atoms with Crippen molar-refractivity contribution in [3.63, 3.8) is 0 Å². The summed E-state index contributed by atoms with van der Waals surface area (Å²) in [4.78, 5) is 0. The minimum atomic E-state index is 0.448. The maximum atomic E-state index is 6.15. The molecular weight excluding hydrogens is 326 g/mol. The topological polar surface area (TPSA) is 25.2 Å². The number of furan rings is 1. The molecule has 3 aromatic rings. The predicted octanol–water partition coefficient (Wildman–Crippen LogP) is 5.46. The first-order valence-corrected chi connectivity index (χ1v) is 7.06. The summed E-state index contributed by atoms with van der Waals surface area (Å²) in [5.74, 6) is 0. The molecule has 1 aromatic heterocycles. The van der Waals surface area contributed by atoms with E-state index in [-0.39, 0.29) is 0 Å². The van der Waals surface area contributed by atoms with Gasteiger partial charge in [0.25, 0.3) is 0 Å². The number of halogens is 2. The quantitative estimate of drug-likeness (QED) is 0.687. The normalized spacial score (nSPS) is 10.8. The SMILES string of the molecule is Clc1oc2ccccc2c1CNc1cccc(Br)c1. The Morgan fingerprint density at radius 1 is 1.11 bits per heavy atom. The fraction of sp³-hybridized carbons (Fsp3) is 0.0667. The maximum Gasteiger partial charge on any atom is 0.199 e. The van der Waals surface area contributed by atoms with Crippen molar-refractivity contribution in [3.05, 3.63) is 63.8 Å². The average molecular weight is 337 g/mol. The lowest BCUT2D eigenvalue weighted by molar-refractivity contribution is 0.613. The zero-order chi connectivity index (χ0) is 13.2. The van der Waals surface area contributed by atoms with Gasteiger partial charge in [-0.05, 0) is 35.9 Å². The summed E-state index contributed by atoms with van der Waals surface area (Å²) in [5.41, 5.74) is 2.84. The first-order valence-electron chi connectivity index (χ1n) is 5.89. The Bertz CT molecular complexity index is 723. The minimum absolute atomic E-state index is 0.448. The van der Waals surface area contributed by atoms with Crippen molar-refractivity contribution >= 4 is 44.2 Å². The third-order valence-corrected chi connectivity index (χ3v) is 3.74. The molecule has 0 aliphatic carbocycles. The summed E-state index contributed by atoms with van der Waals surface area (Å²) in [6.45, 7) is 0.631. The van der Waals surface area contributed by atoms with Gasteiger partial charge in [0.05, 0.1) is 0 Å². The van der Waals surface area contributed by atoms with Gasteiger partial charge in [-0.15, -0.1) is 0 Å². The van der Waals surface area contributed by atoms with E-state index in [1.807, 2.05) is 48.5 Å². The molecule has 0 radical (unpaired) electrons. The highest BCUT2D eigenvalue weighted by molar-refractivity contribution is 9.10. The Labute approximate surface area is 124 Å². The van der Waals surface area contributed by atoms with Gasteiger partial charge in [-0.2, -0.15) is 0 Å². The van der Waals surface area contributed by atoms with Gasteiger partial charge in [0.2, 0.25) is 0 Å². The predicted molar refractivity (Wildman–Crippen MR) is 82.7 cm³/mol.